The molecule has 3 rings (SSSR count). The van der Waals surface area contributed by atoms with Crippen molar-refractivity contribution in [3.8, 4) is 0 Å². The van der Waals surface area contributed by atoms with Gasteiger partial charge in [0.2, 0.25) is 0 Å². The van der Waals surface area contributed by atoms with Crippen LogP contribution in [-0.2, 0) is 14.0 Å². The zero-order valence-corrected chi connectivity index (χ0v) is 19.0. The topological polar surface area (TPSA) is 64.1 Å². The van der Waals surface area contributed by atoms with Crippen LogP contribution >= 0.6 is 0 Å². The van der Waals surface area contributed by atoms with Gasteiger partial charge in [0, 0.05) is 37.3 Å². The first-order chi connectivity index (χ1) is 13.3. The third-order valence-corrected chi connectivity index (χ3v) is 5.87. The molecule has 1 amide bonds. The Balaban J connectivity index is 1.63. The van der Waals surface area contributed by atoms with E-state index in [0.29, 0.717) is 19.6 Å². The predicted octanol–water partition coefficient (Wildman–Crippen LogP) is 2.83. The van der Waals surface area contributed by atoms with E-state index in [2.05, 4.69) is 16.8 Å². The Morgan fingerprint density at radius 1 is 1.17 bits per heavy atom. The molecule has 0 aromatic carbocycles. The molecule has 1 aromatic rings. The Morgan fingerprint density at radius 2 is 1.79 bits per heavy atom. The van der Waals surface area contributed by atoms with Crippen molar-refractivity contribution in [3.05, 3.63) is 18.3 Å². The SMILES string of the molecule is C[C@H]1CN(C(=O)OC(C)(C)C)CCN1c1ccc(B2OC(C)(C)C(C)(C)O2)cn1. The molecule has 0 saturated carbocycles. The second-order valence-electron chi connectivity index (χ2n) is 10.0. The summed E-state index contributed by atoms with van der Waals surface area (Å²) >= 11 is 0. The van der Waals surface area contributed by atoms with Crippen LogP contribution in [0.3, 0.4) is 0 Å². The summed E-state index contributed by atoms with van der Waals surface area (Å²) in [7, 11) is -0.414. The molecular formula is C21H34BN3O4. The Bertz CT molecular complexity index is 729. The van der Waals surface area contributed by atoms with Crippen LogP contribution in [-0.4, -0.2) is 65.6 Å². The van der Waals surface area contributed by atoms with Crippen LogP contribution in [0.15, 0.2) is 18.3 Å². The fraction of sp³-hybridized carbons (Fsp3) is 0.714. The number of hydrogen-bond acceptors (Lipinski definition) is 6. The van der Waals surface area contributed by atoms with Crippen molar-refractivity contribution in [2.75, 3.05) is 24.5 Å². The van der Waals surface area contributed by atoms with Crippen LogP contribution in [0.4, 0.5) is 10.6 Å². The minimum absolute atomic E-state index is 0.145. The van der Waals surface area contributed by atoms with Gasteiger partial charge in [-0.25, -0.2) is 9.78 Å². The molecule has 0 radical (unpaired) electrons. The second kappa shape index (κ2) is 7.47. The van der Waals surface area contributed by atoms with Crippen LogP contribution < -0.4 is 10.4 Å². The maximum absolute atomic E-state index is 12.3. The molecule has 29 heavy (non-hydrogen) atoms. The Hall–Kier alpha value is -1.80. The van der Waals surface area contributed by atoms with Crippen molar-refractivity contribution in [1.29, 1.82) is 0 Å². The van der Waals surface area contributed by atoms with Gasteiger partial charge in [-0.05, 0) is 61.5 Å². The van der Waals surface area contributed by atoms with E-state index in [4.69, 9.17) is 14.0 Å². The Labute approximate surface area is 174 Å². The number of pyridine rings is 1. The number of rotatable bonds is 2. The van der Waals surface area contributed by atoms with Gasteiger partial charge in [-0.3, -0.25) is 0 Å². The molecule has 2 aliphatic heterocycles. The molecule has 2 aliphatic rings. The molecule has 0 spiro atoms. The smallest absolute Gasteiger partial charge is 0.444 e. The van der Waals surface area contributed by atoms with Crippen LogP contribution in [0, 0.1) is 0 Å². The van der Waals surface area contributed by atoms with Gasteiger partial charge in [0.15, 0.2) is 0 Å². The number of carbonyl (C=O) groups excluding carboxylic acids is 1. The summed E-state index contributed by atoms with van der Waals surface area (Å²) in [4.78, 5) is 21.0. The normalized spacial score (nSPS) is 24.0. The summed E-state index contributed by atoms with van der Waals surface area (Å²) in [5.74, 6) is 0.890. The molecule has 8 heteroatoms. The molecule has 0 unspecified atom stereocenters. The molecule has 160 valence electrons. The molecule has 0 bridgehead atoms. The first-order valence-electron chi connectivity index (χ1n) is 10.4. The number of hydrogen-bond donors (Lipinski definition) is 0. The Morgan fingerprint density at radius 3 is 2.28 bits per heavy atom. The van der Waals surface area contributed by atoms with E-state index in [1.807, 2.05) is 66.8 Å². The van der Waals surface area contributed by atoms with Gasteiger partial charge in [0.05, 0.1) is 11.2 Å². The van der Waals surface area contributed by atoms with Crippen molar-refractivity contribution >= 4 is 24.5 Å². The number of aromatic nitrogens is 1. The van der Waals surface area contributed by atoms with Crippen LogP contribution in [0.25, 0.3) is 0 Å². The fourth-order valence-corrected chi connectivity index (χ4v) is 3.48. The average Bonchev–Trinajstić information content (AvgIpc) is 2.81. The second-order valence-corrected chi connectivity index (χ2v) is 10.0. The van der Waals surface area contributed by atoms with E-state index in [0.717, 1.165) is 11.3 Å². The highest BCUT2D eigenvalue weighted by molar-refractivity contribution is 6.62. The fourth-order valence-electron chi connectivity index (χ4n) is 3.48. The third-order valence-electron chi connectivity index (χ3n) is 5.87. The number of anilines is 1. The average molecular weight is 403 g/mol. The highest BCUT2D eigenvalue weighted by atomic mass is 16.7. The van der Waals surface area contributed by atoms with Crippen LogP contribution in [0.2, 0.25) is 0 Å². The first-order valence-corrected chi connectivity index (χ1v) is 10.4. The molecule has 0 aliphatic carbocycles. The summed E-state index contributed by atoms with van der Waals surface area (Å²) in [6, 6.07) is 4.16. The lowest BCUT2D eigenvalue weighted by Gasteiger charge is -2.40. The number of nitrogens with zero attached hydrogens (tertiary/aromatic N) is 3. The highest BCUT2D eigenvalue weighted by Gasteiger charge is 2.51. The van der Waals surface area contributed by atoms with Gasteiger partial charge in [-0.1, -0.05) is 6.07 Å². The van der Waals surface area contributed by atoms with Crippen molar-refractivity contribution in [2.45, 2.75) is 78.2 Å². The van der Waals surface area contributed by atoms with E-state index in [1.54, 1.807) is 4.90 Å². The van der Waals surface area contributed by atoms with E-state index < -0.39 is 12.7 Å². The molecule has 1 aromatic heterocycles. The molecule has 3 heterocycles. The molecule has 0 N–H and O–H groups in total. The van der Waals surface area contributed by atoms with Crippen LogP contribution in [0.1, 0.15) is 55.4 Å². The lowest BCUT2D eigenvalue weighted by atomic mass is 9.80. The quantitative estimate of drug-likeness (QED) is 0.708. The highest BCUT2D eigenvalue weighted by Crippen LogP contribution is 2.36. The maximum atomic E-state index is 12.3. The first kappa shape index (κ1) is 21.9. The number of piperazine rings is 1. The largest absolute Gasteiger partial charge is 0.496 e. The van der Waals surface area contributed by atoms with Gasteiger partial charge in [-0.15, -0.1) is 0 Å². The molecule has 7 nitrogen and oxygen atoms in total. The van der Waals surface area contributed by atoms with Crippen molar-refractivity contribution in [2.24, 2.45) is 0 Å². The molecule has 2 saturated heterocycles. The minimum Gasteiger partial charge on any atom is -0.444 e. The van der Waals surface area contributed by atoms with E-state index in [9.17, 15) is 4.79 Å². The zero-order valence-electron chi connectivity index (χ0n) is 19.0. The van der Waals surface area contributed by atoms with E-state index in [-0.39, 0.29) is 23.3 Å². The lowest BCUT2D eigenvalue weighted by molar-refractivity contribution is 0.00578. The number of carbonyl (C=O) groups is 1. The molecule has 2 fully saturated rings. The van der Waals surface area contributed by atoms with Crippen molar-refractivity contribution < 1.29 is 18.8 Å². The van der Waals surface area contributed by atoms with Gasteiger partial charge < -0.3 is 23.8 Å². The summed E-state index contributed by atoms with van der Waals surface area (Å²) in [6.45, 7) is 17.9. The summed E-state index contributed by atoms with van der Waals surface area (Å²) in [5.41, 5.74) is -0.318. The van der Waals surface area contributed by atoms with Crippen molar-refractivity contribution in [1.82, 2.24) is 9.88 Å². The Kier molecular flexibility index (Phi) is 5.64. The van der Waals surface area contributed by atoms with E-state index >= 15 is 0 Å². The third kappa shape index (κ3) is 4.69. The van der Waals surface area contributed by atoms with Crippen molar-refractivity contribution in [3.63, 3.8) is 0 Å². The van der Waals surface area contributed by atoms with Gasteiger partial charge >= 0.3 is 13.2 Å². The summed E-state index contributed by atoms with van der Waals surface area (Å²) in [6.07, 6.45) is 1.57. The number of ether oxygens (including phenoxy) is 1. The minimum atomic E-state index is -0.484. The monoisotopic (exact) mass is 403 g/mol. The van der Waals surface area contributed by atoms with Gasteiger partial charge in [0.1, 0.15) is 11.4 Å². The summed E-state index contributed by atoms with van der Waals surface area (Å²) in [5, 5.41) is 0. The zero-order chi connectivity index (χ0) is 21.6. The molecular weight excluding hydrogens is 369 g/mol. The molecule has 1 atom stereocenters. The van der Waals surface area contributed by atoms with Gasteiger partial charge in [-0.2, -0.15) is 0 Å². The summed E-state index contributed by atoms with van der Waals surface area (Å²) < 4.78 is 17.7. The predicted molar refractivity (Wildman–Crippen MR) is 115 cm³/mol. The lowest BCUT2D eigenvalue weighted by Crippen LogP contribution is -2.55. The number of amides is 1. The standard InChI is InChI=1S/C21H34BN3O4/c1-15-14-24(18(26)27-19(2,3)4)11-12-25(15)17-10-9-16(13-23-17)22-28-20(5,6)21(7,8)29-22/h9-10,13,15H,11-12,14H2,1-8H3/t15-/m0/s1. The van der Waals surface area contributed by atoms with Crippen LogP contribution in [0.5, 0.6) is 0 Å². The van der Waals surface area contributed by atoms with E-state index in [1.165, 1.54) is 0 Å². The maximum Gasteiger partial charge on any atom is 0.496 e. The van der Waals surface area contributed by atoms with Gasteiger partial charge in [0.25, 0.3) is 0 Å².